The lowest BCUT2D eigenvalue weighted by atomic mass is 10.1. The maximum Gasteiger partial charge on any atom is 0.186 e. The van der Waals surface area contributed by atoms with Crippen LogP contribution in [-0.4, -0.2) is 43.4 Å². The Hall–Kier alpha value is -0.160. The molecule has 0 bridgehead atoms. The van der Waals surface area contributed by atoms with E-state index in [1.54, 1.807) is 7.11 Å². The van der Waals surface area contributed by atoms with Crippen molar-refractivity contribution in [3.63, 3.8) is 0 Å². The van der Waals surface area contributed by atoms with Gasteiger partial charge in [0.25, 0.3) is 0 Å². The van der Waals surface area contributed by atoms with E-state index in [0.29, 0.717) is 6.61 Å². The lowest BCUT2D eigenvalue weighted by molar-refractivity contribution is -0.161. The van der Waals surface area contributed by atoms with Crippen LogP contribution in [0, 0.1) is 0 Å². The Morgan fingerprint density at radius 3 is 3.00 bits per heavy atom. The molecule has 2 aliphatic rings. The van der Waals surface area contributed by atoms with Gasteiger partial charge in [-0.05, 0) is 0 Å². The highest BCUT2D eigenvalue weighted by atomic mass is 16.7. The van der Waals surface area contributed by atoms with E-state index in [1.807, 2.05) is 0 Å². The van der Waals surface area contributed by atoms with E-state index in [9.17, 15) is 0 Å². The summed E-state index contributed by atoms with van der Waals surface area (Å²) in [6.07, 6.45) is -0.808. The number of hydrogen-bond acceptors (Lipinski definition) is 4. The zero-order valence-corrected chi connectivity index (χ0v) is 5.69. The number of epoxide rings is 1. The van der Waals surface area contributed by atoms with E-state index in [4.69, 9.17) is 19.3 Å². The maximum atomic E-state index is 9.13. The molecule has 2 fully saturated rings. The Labute approximate surface area is 58.7 Å². The van der Waals surface area contributed by atoms with Gasteiger partial charge in [-0.1, -0.05) is 0 Å². The molecule has 2 saturated heterocycles. The highest BCUT2D eigenvalue weighted by molar-refractivity contribution is 4.96. The fraction of sp³-hybridized carbons (Fsp3) is 1.00. The summed E-state index contributed by atoms with van der Waals surface area (Å²) in [6.45, 7) is 0.319. The van der Waals surface area contributed by atoms with Crippen LogP contribution in [0.3, 0.4) is 0 Å². The zero-order valence-electron chi connectivity index (χ0n) is 5.69. The third-order valence-electron chi connectivity index (χ3n) is 1.87. The molecule has 0 saturated carbocycles. The lowest BCUT2D eigenvalue weighted by Crippen LogP contribution is -2.38. The molecule has 58 valence electrons. The number of ether oxygens (including phenoxy) is 3. The van der Waals surface area contributed by atoms with Gasteiger partial charge >= 0.3 is 0 Å². The van der Waals surface area contributed by atoms with Gasteiger partial charge in [0.05, 0.1) is 6.61 Å². The second-order valence-corrected chi connectivity index (χ2v) is 2.57. The molecule has 10 heavy (non-hydrogen) atoms. The topological polar surface area (TPSA) is 51.2 Å². The molecule has 2 heterocycles. The highest BCUT2D eigenvalue weighted by Crippen LogP contribution is 2.34. The predicted octanol–water partition coefficient (Wildman–Crippen LogP) is -0.883. The Balaban J connectivity index is 1.95. The summed E-state index contributed by atoms with van der Waals surface area (Å²) in [4.78, 5) is 0. The smallest absolute Gasteiger partial charge is 0.186 e. The number of fused-ring (bicyclic) bond motifs is 1. The van der Waals surface area contributed by atoms with E-state index >= 15 is 0 Å². The second-order valence-electron chi connectivity index (χ2n) is 2.57. The lowest BCUT2D eigenvalue weighted by Gasteiger charge is -2.20. The van der Waals surface area contributed by atoms with Crippen LogP contribution in [0.25, 0.3) is 0 Å². The van der Waals surface area contributed by atoms with Crippen molar-refractivity contribution in [3.05, 3.63) is 0 Å². The van der Waals surface area contributed by atoms with E-state index in [1.165, 1.54) is 0 Å². The van der Waals surface area contributed by atoms with Crippen LogP contribution in [0.2, 0.25) is 0 Å². The van der Waals surface area contributed by atoms with Gasteiger partial charge in [0, 0.05) is 7.11 Å². The van der Waals surface area contributed by atoms with Crippen molar-refractivity contribution in [2.45, 2.75) is 24.6 Å². The van der Waals surface area contributed by atoms with Gasteiger partial charge in [-0.2, -0.15) is 0 Å². The van der Waals surface area contributed by atoms with E-state index in [2.05, 4.69) is 0 Å². The molecule has 0 spiro atoms. The van der Waals surface area contributed by atoms with Crippen LogP contribution < -0.4 is 0 Å². The van der Waals surface area contributed by atoms with Crippen molar-refractivity contribution >= 4 is 0 Å². The van der Waals surface area contributed by atoms with Gasteiger partial charge in [-0.3, -0.25) is 0 Å². The molecule has 0 unspecified atom stereocenters. The molecule has 2 aliphatic heterocycles. The first-order chi connectivity index (χ1) is 4.83. The van der Waals surface area contributed by atoms with E-state index in [-0.39, 0.29) is 18.5 Å². The molecule has 4 atom stereocenters. The number of methoxy groups -OCH3 is 1. The van der Waals surface area contributed by atoms with Crippen molar-refractivity contribution in [2.24, 2.45) is 0 Å². The van der Waals surface area contributed by atoms with Gasteiger partial charge < -0.3 is 19.3 Å². The van der Waals surface area contributed by atoms with Crippen molar-refractivity contribution in [3.8, 4) is 0 Å². The highest BCUT2D eigenvalue weighted by Gasteiger charge is 2.53. The monoisotopic (exact) mass is 146 g/mol. The molecule has 2 rings (SSSR count). The second kappa shape index (κ2) is 2.17. The maximum absolute atomic E-state index is 9.13. The molecular formula is C6H10O4. The quantitative estimate of drug-likeness (QED) is 0.488. The number of aliphatic hydroxyl groups excluding tert-OH is 1. The molecule has 0 aliphatic carbocycles. The standard InChI is InChI=1S/C6H10O4/c1-8-6-5-4(10-5)3(7)2-9-6/h3-7H,2H2,1H3/t3-,4-,5-,6-/m1/s1. The van der Waals surface area contributed by atoms with Gasteiger partial charge in [0.15, 0.2) is 6.29 Å². The Bertz CT molecular complexity index is 138. The van der Waals surface area contributed by atoms with Gasteiger partial charge in [0.2, 0.25) is 0 Å². The molecule has 4 heteroatoms. The zero-order chi connectivity index (χ0) is 7.14. The normalized spacial score (nSPS) is 52.2. The van der Waals surface area contributed by atoms with Crippen LogP contribution in [0.15, 0.2) is 0 Å². The number of rotatable bonds is 1. The summed E-state index contributed by atoms with van der Waals surface area (Å²) >= 11 is 0. The minimum Gasteiger partial charge on any atom is -0.388 e. The van der Waals surface area contributed by atoms with Crippen molar-refractivity contribution in [2.75, 3.05) is 13.7 Å². The van der Waals surface area contributed by atoms with Crippen LogP contribution in [0.5, 0.6) is 0 Å². The van der Waals surface area contributed by atoms with Crippen LogP contribution in [-0.2, 0) is 14.2 Å². The third kappa shape index (κ3) is 0.845. The Morgan fingerprint density at radius 2 is 2.30 bits per heavy atom. The first-order valence-corrected chi connectivity index (χ1v) is 3.31. The van der Waals surface area contributed by atoms with Crippen LogP contribution in [0.4, 0.5) is 0 Å². The molecule has 0 aromatic heterocycles. The Kier molecular flexibility index (Phi) is 1.42. The van der Waals surface area contributed by atoms with Crippen LogP contribution >= 0.6 is 0 Å². The molecule has 0 radical (unpaired) electrons. The first kappa shape index (κ1) is 6.54. The van der Waals surface area contributed by atoms with Crippen molar-refractivity contribution in [1.82, 2.24) is 0 Å². The summed E-state index contributed by atoms with van der Waals surface area (Å²) in [7, 11) is 1.57. The summed E-state index contributed by atoms with van der Waals surface area (Å²) < 4.78 is 15.1. The predicted molar refractivity (Wildman–Crippen MR) is 31.4 cm³/mol. The van der Waals surface area contributed by atoms with Gasteiger partial charge in [0.1, 0.15) is 18.3 Å². The molecular weight excluding hydrogens is 136 g/mol. The minimum atomic E-state index is -0.462. The summed E-state index contributed by atoms with van der Waals surface area (Å²) in [6, 6.07) is 0. The van der Waals surface area contributed by atoms with Crippen molar-refractivity contribution in [1.29, 1.82) is 0 Å². The fourth-order valence-electron chi connectivity index (χ4n) is 1.25. The van der Waals surface area contributed by atoms with Crippen LogP contribution in [0.1, 0.15) is 0 Å². The van der Waals surface area contributed by atoms with E-state index < -0.39 is 6.10 Å². The first-order valence-electron chi connectivity index (χ1n) is 3.31. The van der Waals surface area contributed by atoms with Gasteiger partial charge in [-0.15, -0.1) is 0 Å². The van der Waals surface area contributed by atoms with E-state index in [0.717, 1.165) is 0 Å². The third-order valence-corrected chi connectivity index (χ3v) is 1.87. The van der Waals surface area contributed by atoms with Crippen molar-refractivity contribution < 1.29 is 19.3 Å². The number of hydrogen-bond donors (Lipinski definition) is 1. The largest absolute Gasteiger partial charge is 0.388 e. The summed E-state index contributed by atoms with van der Waals surface area (Å²) in [5.41, 5.74) is 0. The Morgan fingerprint density at radius 1 is 1.50 bits per heavy atom. The van der Waals surface area contributed by atoms with Gasteiger partial charge in [-0.25, -0.2) is 0 Å². The summed E-state index contributed by atoms with van der Waals surface area (Å²) in [5.74, 6) is 0. The average Bonchev–Trinajstić information content (AvgIpc) is 2.68. The number of aliphatic hydroxyl groups is 1. The molecule has 1 N–H and O–H groups in total. The molecule has 4 nitrogen and oxygen atoms in total. The average molecular weight is 146 g/mol. The molecule has 0 aromatic rings. The molecule has 0 amide bonds. The SMILES string of the molecule is CO[C@@H]1OC[C@@H](O)[C@H]2O[C@@H]12. The molecule has 0 aromatic carbocycles. The fourth-order valence-corrected chi connectivity index (χ4v) is 1.25. The summed E-state index contributed by atoms with van der Waals surface area (Å²) in [5, 5.41) is 9.13. The minimum absolute atomic E-state index is 0.0336.